The summed E-state index contributed by atoms with van der Waals surface area (Å²) in [6.45, 7) is 9.36. The van der Waals surface area contributed by atoms with Crippen molar-refractivity contribution in [2.75, 3.05) is 5.75 Å². The Balaban J connectivity index is 1.83. The highest BCUT2D eigenvalue weighted by Crippen LogP contribution is 2.35. The first kappa shape index (κ1) is 14.2. The van der Waals surface area contributed by atoms with Gasteiger partial charge in [-0.25, -0.2) is 0 Å². The first-order chi connectivity index (χ1) is 8.44. The number of hydrogen-bond donors (Lipinski definition) is 1. The van der Waals surface area contributed by atoms with Crippen LogP contribution in [0.2, 0.25) is 0 Å². The first-order valence-electron chi connectivity index (χ1n) is 7.42. The molecule has 0 spiro atoms. The minimum Gasteiger partial charge on any atom is -0.362 e. The topological polar surface area (TPSA) is 24.4 Å². The fourth-order valence-electron chi connectivity index (χ4n) is 3.16. The number of nitrogens with one attached hydrogen (secondary N) is 1. The van der Waals surface area contributed by atoms with E-state index in [0.717, 1.165) is 5.92 Å². The summed E-state index contributed by atoms with van der Waals surface area (Å²) in [6, 6.07) is 1.20. The molecule has 2 unspecified atom stereocenters. The smallest absolute Gasteiger partial charge is 0.157 e. The lowest BCUT2D eigenvalue weighted by Crippen LogP contribution is -2.39. The molecule has 1 N–H and O–H groups in total. The number of hydrogen-bond acceptors (Lipinski definition) is 3. The summed E-state index contributed by atoms with van der Waals surface area (Å²) in [5, 5.41) is 4.90. The molecule has 0 saturated heterocycles. The number of amidine groups is 1. The van der Waals surface area contributed by atoms with Gasteiger partial charge in [0, 0.05) is 11.8 Å². The number of aliphatic imine (C=N–C) groups is 1. The second kappa shape index (κ2) is 5.85. The van der Waals surface area contributed by atoms with Crippen LogP contribution in [-0.4, -0.2) is 23.0 Å². The maximum absolute atomic E-state index is 4.84. The minimum atomic E-state index is 0.511. The van der Waals surface area contributed by atoms with E-state index in [1.807, 2.05) is 11.8 Å². The molecular formula is C15H28N2S. The molecule has 1 heterocycles. The van der Waals surface area contributed by atoms with Crippen molar-refractivity contribution >= 4 is 16.9 Å². The van der Waals surface area contributed by atoms with Crippen LogP contribution in [0.1, 0.15) is 59.8 Å². The summed E-state index contributed by atoms with van der Waals surface area (Å²) in [5.41, 5.74) is 0.511. The highest BCUT2D eigenvalue weighted by molar-refractivity contribution is 8.14. The van der Waals surface area contributed by atoms with E-state index in [-0.39, 0.29) is 0 Å². The lowest BCUT2D eigenvalue weighted by Gasteiger charge is -2.35. The Bertz CT molecular complexity index is 310. The number of thioether (sulfide) groups is 1. The lowest BCUT2D eigenvalue weighted by atomic mass is 9.75. The second-order valence-corrected chi connectivity index (χ2v) is 8.14. The van der Waals surface area contributed by atoms with Crippen molar-refractivity contribution in [3.8, 4) is 0 Å². The fourth-order valence-corrected chi connectivity index (χ4v) is 4.19. The molecule has 1 aliphatic carbocycles. The molecular weight excluding hydrogens is 240 g/mol. The molecule has 104 valence electrons. The standard InChI is InChI=1S/C15H28N2S/c1-11(2)8-13-10-18-14(17-13)16-12-6-5-7-15(3,4)9-12/h11-13H,5-10H2,1-4H3,(H,16,17). The van der Waals surface area contributed by atoms with Crippen LogP contribution >= 0.6 is 11.8 Å². The van der Waals surface area contributed by atoms with Gasteiger partial charge in [-0.05, 0) is 37.0 Å². The SMILES string of the molecule is CC(C)CC1CSC(NC2CCCC(C)(C)C2)=N1. The molecule has 2 rings (SSSR count). The predicted octanol–water partition coefficient (Wildman–Crippen LogP) is 4.06. The van der Waals surface area contributed by atoms with Gasteiger partial charge in [-0.3, -0.25) is 4.99 Å². The molecule has 0 radical (unpaired) electrons. The Morgan fingerprint density at radius 1 is 1.44 bits per heavy atom. The summed E-state index contributed by atoms with van der Waals surface area (Å²) in [6.07, 6.45) is 6.58. The largest absolute Gasteiger partial charge is 0.362 e. The van der Waals surface area contributed by atoms with Crippen LogP contribution < -0.4 is 5.32 Å². The van der Waals surface area contributed by atoms with Crippen molar-refractivity contribution in [1.29, 1.82) is 0 Å². The van der Waals surface area contributed by atoms with Crippen LogP contribution in [0.3, 0.4) is 0 Å². The van der Waals surface area contributed by atoms with Gasteiger partial charge >= 0.3 is 0 Å². The van der Waals surface area contributed by atoms with Crippen LogP contribution in [0, 0.1) is 11.3 Å². The highest BCUT2D eigenvalue weighted by atomic mass is 32.2. The third-order valence-corrected chi connectivity index (χ3v) is 5.04. The van der Waals surface area contributed by atoms with E-state index in [1.165, 1.54) is 43.0 Å². The Kier molecular flexibility index (Phi) is 4.63. The summed E-state index contributed by atoms with van der Waals surface area (Å²) < 4.78 is 0. The number of nitrogens with zero attached hydrogens (tertiary/aromatic N) is 1. The van der Waals surface area contributed by atoms with Gasteiger partial charge in [-0.15, -0.1) is 0 Å². The molecule has 1 fully saturated rings. The van der Waals surface area contributed by atoms with Crippen molar-refractivity contribution in [2.45, 2.75) is 71.9 Å². The van der Waals surface area contributed by atoms with E-state index in [0.29, 0.717) is 17.5 Å². The molecule has 1 saturated carbocycles. The summed E-state index contributed by atoms with van der Waals surface area (Å²) in [5.74, 6) is 1.93. The van der Waals surface area contributed by atoms with Crippen molar-refractivity contribution in [3.05, 3.63) is 0 Å². The first-order valence-corrected chi connectivity index (χ1v) is 8.40. The quantitative estimate of drug-likeness (QED) is 0.834. The van der Waals surface area contributed by atoms with E-state index in [1.54, 1.807) is 0 Å². The summed E-state index contributed by atoms with van der Waals surface area (Å²) in [4.78, 5) is 4.84. The fraction of sp³-hybridized carbons (Fsp3) is 0.933. The molecule has 3 heteroatoms. The van der Waals surface area contributed by atoms with Crippen molar-refractivity contribution in [3.63, 3.8) is 0 Å². The van der Waals surface area contributed by atoms with Crippen LogP contribution in [0.5, 0.6) is 0 Å². The van der Waals surface area contributed by atoms with Gasteiger partial charge in [0.15, 0.2) is 5.17 Å². The number of rotatable bonds is 3. The summed E-state index contributed by atoms with van der Waals surface area (Å²) >= 11 is 1.93. The Labute approximate surface area is 116 Å². The van der Waals surface area contributed by atoms with Crippen LogP contribution in [0.25, 0.3) is 0 Å². The van der Waals surface area contributed by atoms with Gasteiger partial charge in [-0.1, -0.05) is 45.9 Å². The zero-order chi connectivity index (χ0) is 13.2. The van der Waals surface area contributed by atoms with E-state index >= 15 is 0 Å². The molecule has 2 nitrogen and oxygen atoms in total. The summed E-state index contributed by atoms with van der Waals surface area (Å²) in [7, 11) is 0. The van der Waals surface area contributed by atoms with Crippen LogP contribution in [0.4, 0.5) is 0 Å². The van der Waals surface area contributed by atoms with Gasteiger partial charge in [0.25, 0.3) is 0 Å². The zero-order valence-corrected chi connectivity index (χ0v) is 13.1. The third-order valence-electron chi connectivity index (χ3n) is 3.99. The van der Waals surface area contributed by atoms with E-state index < -0.39 is 0 Å². The van der Waals surface area contributed by atoms with E-state index in [2.05, 4.69) is 33.0 Å². The monoisotopic (exact) mass is 268 g/mol. The van der Waals surface area contributed by atoms with Gasteiger partial charge in [0.1, 0.15) is 0 Å². The minimum absolute atomic E-state index is 0.511. The highest BCUT2D eigenvalue weighted by Gasteiger charge is 2.29. The average Bonchev–Trinajstić information content (AvgIpc) is 2.62. The molecule has 2 atom stereocenters. The van der Waals surface area contributed by atoms with Crippen molar-refractivity contribution in [1.82, 2.24) is 5.32 Å². The average molecular weight is 268 g/mol. The zero-order valence-electron chi connectivity index (χ0n) is 12.3. The van der Waals surface area contributed by atoms with Gasteiger partial charge in [0.2, 0.25) is 0 Å². The van der Waals surface area contributed by atoms with Crippen LogP contribution in [0.15, 0.2) is 4.99 Å². The Hall–Kier alpha value is -0.180. The maximum Gasteiger partial charge on any atom is 0.157 e. The molecule has 2 aliphatic rings. The van der Waals surface area contributed by atoms with Gasteiger partial charge < -0.3 is 5.32 Å². The Morgan fingerprint density at radius 3 is 2.89 bits per heavy atom. The molecule has 1 aliphatic heterocycles. The molecule has 0 aromatic heterocycles. The lowest BCUT2D eigenvalue weighted by molar-refractivity contribution is 0.211. The van der Waals surface area contributed by atoms with Crippen LogP contribution in [-0.2, 0) is 0 Å². The van der Waals surface area contributed by atoms with E-state index in [4.69, 9.17) is 4.99 Å². The maximum atomic E-state index is 4.84. The predicted molar refractivity (Wildman–Crippen MR) is 82.3 cm³/mol. The van der Waals surface area contributed by atoms with Gasteiger partial charge in [-0.2, -0.15) is 0 Å². The molecule has 18 heavy (non-hydrogen) atoms. The molecule has 0 aromatic rings. The van der Waals surface area contributed by atoms with E-state index in [9.17, 15) is 0 Å². The van der Waals surface area contributed by atoms with Gasteiger partial charge in [0.05, 0.1) is 6.04 Å². The molecule has 0 aromatic carbocycles. The molecule has 0 amide bonds. The third kappa shape index (κ3) is 4.18. The second-order valence-electron chi connectivity index (χ2n) is 7.13. The molecule has 0 bridgehead atoms. The van der Waals surface area contributed by atoms with Crippen molar-refractivity contribution < 1.29 is 0 Å². The normalized spacial score (nSPS) is 31.5. The Morgan fingerprint density at radius 2 is 2.22 bits per heavy atom. The van der Waals surface area contributed by atoms with Crippen molar-refractivity contribution in [2.24, 2.45) is 16.3 Å².